The lowest BCUT2D eigenvalue weighted by molar-refractivity contribution is -0.128. The van der Waals surface area contributed by atoms with Crippen molar-refractivity contribution in [1.29, 1.82) is 5.26 Å². The SMILES string of the molecule is CCc1cc(C)cc(C)c1C1C(=O)CC(CC(=O)NCc2ccc(C#N)cc2)C1=O. The van der Waals surface area contributed by atoms with Crippen molar-refractivity contribution in [2.75, 3.05) is 0 Å². The number of benzene rings is 2. The maximum absolute atomic E-state index is 13.1. The molecule has 1 aliphatic rings. The Morgan fingerprint density at radius 3 is 2.50 bits per heavy atom. The third kappa shape index (κ3) is 4.49. The van der Waals surface area contributed by atoms with Crippen molar-refractivity contribution in [3.05, 3.63) is 69.8 Å². The summed E-state index contributed by atoms with van der Waals surface area (Å²) < 4.78 is 0. The molecule has 0 bridgehead atoms. The first-order valence-electron chi connectivity index (χ1n) is 10.3. The molecule has 2 aromatic rings. The van der Waals surface area contributed by atoms with Crippen LogP contribution in [0.5, 0.6) is 0 Å². The quantitative estimate of drug-likeness (QED) is 0.747. The van der Waals surface area contributed by atoms with Crippen molar-refractivity contribution in [3.63, 3.8) is 0 Å². The third-order valence-electron chi connectivity index (χ3n) is 5.75. The Morgan fingerprint density at radius 2 is 1.87 bits per heavy atom. The maximum Gasteiger partial charge on any atom is 0.221 e. The fourth-order valence-electron chi connectivity index (χ4n) is 4.30. The van der Waals surface area contributed by atoms with Crippen LogP contribution in [0.1, 0.15) is 59.1 Å². The number of rotatable bonds is 6. The van der Waals surface area contributed by atoms with Gasteiger partial charge in [0.25, 0.3) is 0 Å². The van der Waals surface area contributed by atoms with Gasteiger partial charge in [-0.05, 0) is 54.7 Å². The van der Waals surface area contributed by atoms with Gasteiger partial charge in [-0.2, -0.15) is 5.26 Å². The minimum Gasteiger partial charge on any atom is -0.352 e. The molecule has 0 aromatic heterocycles. The van der Waals surface area contributed by atoms with Crippen molar-refractivity contribution >= 4 is 17.5 Å². The Balaban J connectivity index is 1.68. The first-order chi connectivity index (χ1) is 14.3. The number of ketones is 2. The van der Waals surface area contributed by atoms with Gasteiger partial charge in [0, 0.05) is 25.3 Å². The largest absolute Gasteiger partial charge is 0.352 e. The van der Waals surface area contributed by atoms with Gasteiger partial charge >= 0.3 is 0 Å². The molecule has 0 saturated heterocycles. The fourth-order valence-corrected chi connectivity index (χ4v) is 4.30. The predicted molar refractivity (Wildman–Crippen MR) is 114 cm³/mol. The molecule has 1 fully saturated rings. The van der Waals surface area contributed by atoms with Crippen molar-refractivity contribution in [3.8, 4) is 6.07 Å². The highest BCUT2D eigenvalue weighted by Gasteiger charge is 2.43. The average molecular weight is 402 g/mol. The van der Waals surface area contributed by atoms with Crippen molar-refractivity contribution in [1.82, 2.24) is 5.32 Å². The molecule has 1 N–H and O–H groups in total. The second-order valence-electron chi connectivity index (χ2n) is 8.00. The lowest BCUT2D eigenvalue weighted by atomic mass is 9.85. The Morgan fingerprint density at radius 1 is 1.17 bits per heavy atom. The summed E-state index contributed by atoms with van der Waals surface area (Å²) in [6.45, 7) is 6.30. The highest BCUT2D eigenvalue weighted by molar-refractivity contribution is 6.15. The zero-order valence-electron chi connectivity index (χ0n) is 17.6. The predicted octanol–water partition coefficient (Wildman–Crippen LogP) is 3.69. The Bertz CT molecular complexity index is 1030. The van der Waals surface area contributed by atoms with Crippen LogP contribution in [0, 0.1) is 31.1 Å². The summed E-state index contributed by atoms with van der Waals surface area (Å²) in [5.74, 6) is -1.81. The molecule has 0 aliphatic heterocycles. The number of Topliss-reactive ketones (excluding diaryl/α,β-unsaturated/α-hetero) is 2. The molecule has 2 unspecified atom stereocenters. The molecule has 0 heterocycles. The normalized spacial score (nSPS) is 18.3. The van der Waals surface area contributed by atoms with Crippen LogP contribution in [-0.4, -0.2) is 17.5 Å². The number of hydrogen-bond donors (Lipinski definition) is 1. The van der Waals surface area contributed by atoms with Crippen LogP contribution in [0.25, 0.3) is 0 Å². The Kier molecular flexibility index (Phi) is 6.47. The molecule has 1 amide bonds. The molecule has 1 saturated carbocycles. The van der Waals surface area contributed by atoms with Gasteiger partial charge in [-0.3, -0.25) is 14.4 Å². The Labute approximate surface area is 177 Å². The standard InChI is InChI=1S/C25H26N2O3/c1-4-19-10-15(2)9-16(3)23(19)24-21(28)11-20(25(24)30)12-22(29)27-14-18-7-5-17(13-26)6-8-18/h5-10,20,24H,4,11-12,14H2,1-3H3,(H,27,29). The molecule has 0 spiro atoms. The summed E-state index contributed by atoms with van der Waals surface area (Å²) in [7, 11) is 0. The third-order valence-corrected chi connectivity index (χ3v) is 5.75. The number of nitrogens with one attached hydrogen (secondary N) is 1. The second kappa shape index (κ2) is 9.04. The topological polar surface area (TPSA) is 87.0 Å². The van der Waals surface area contributed by atoms with Crippen molar-refractivity contribution in [2.24, 2.45) is 5.92 Å². The van der Waals surface area contributed by atoms with Crippen molar-refractivity contribution < 1.29 is 14.4 Å². The van der Waals surface area contributed by atoms with Crippen LogP contribution in [0.3, 0.4) is 0 Å². The van der Waals surface area contributed by atoms with Gasteiger partial charge in [-0.1, -0.05) is 36.8 Å². The van der Waals surface area contributed by atoms with E-state index in [1.54, 1.807) is 24.3 Å². The van der Waals surface area contributed by atoms with Crippen LogP contribution >= 0.6 is 0 Å². The number of carbonyl (C=O) groups excluding carboxylic acids is 3. The molecule has 154 valence electrons. The first-order valence-corrected chi connectivity index (χ1v) is 10.3. The molecule has 2 atom stereocenters. The maximum atomic E-state index is 13.1. The number of aryl methyl sites for hydroxylation is 3. The van der Waals surface area contributed by atoms with E-state index in [1.165, 1.54) is 0 Å². The van der Waals surface area contributed by atoms with E-state index in [0.29, 0.717) is 12.1 Å². The van der Waals surface area contributed by atoms with Gasteiger partial charge in [-0.25, -0.2) is 0 Å². The number of hydrogen-bond acceptors (Lipinski definition) is 4. The summed E-state index contributed by atoms with van der Waals surface area (Å²) in [6.07, 6.45) is 0.888. The van der Waals surface area contributed by atoms with E-state index in [9.17, 15) is 14.4 Å². The first kappa shape index (κ1) is 21.4. The van der Waals surface area contributed by atoms with Gasteiger partial charge in [0.05, 0.1) is 11.6 Å². The number of amides is 1. The smallest absolute Gasteiger partial charge is 0.221 e. The molecule has 1 aliphatic carbocycles. The summed E-state index contributed by atoms with van der Waals surface area (Å²) >= 11 is 0. The lowest BCUT2D eigenvalue weighted by Crippen LogP contribution is -2.27. The van der Waals surface area contributed by atoms with E-state index in [2.05, 4.69) is 11.4 Å². The molecular formula is C25H26N2O3. The number of nitrogens with zero attached hydrogens (tertiary/aromatic N) is 1. The molecule has 2 aromatic carbocycles. The van der Waals surface area contributed by atoms with E-state index in [-0.39, 0.29) is 30.3 Å². The molecular weight excluding hydrogens is 376 g/mol. The highest BCUT2D eigenvalue weighted by atomic mass is 16.2. The zero-order chi connectivity index (χ0) is 21.8. The summed E-state index contributed by atoms with van der Waals surface area (Å²) in [6, 6.07) is 13.1. The highest BCUT2D eigenvalue weighted by Crippen LogP contribution is 2.37. The minimum absolute atomic E-state index is 0.0176. The molecule has 30 heavy (non-hydrogen) atoms. The molecule has 0 radical (unpaired) electrons. The molecule has 3 rings (SSSR count). The molecule has 5 nitrogen and oxygen atoms in total. The van der Waals surface area contributed by atoms with E-state index >= 15 is 0 Å². The van der Waals surface area contributed by atoms with Gasteiger partial charge in [0.2, 0.25) is 5.91 Å². The monoisotopic (exact) mass is 402 g/mol. The molecule has 5 heteroatoms. The fraction of sp³-hybridized carbons (Fsp3) is 0.360. The number of carbonyl (C=O) groups is 3. The van der Waals surface area contributed by atoms with Crippen LogP contribution in [-0.2, 0) is 27.3 Å². The number of nitriles is 1. The van der Waals surface area contributed by atoms with E-state index < -0.39 is 11.8 Å². The van der Waals surface area contributed by atoms with Gasteiger partial charge < -0.3 is 5.32 Å². The average Bonchev–Trinajstić information content (AvgIpc) is 2.99. The van der Waals surface area contributed by atoms with E-state index in [4.69, 9.17) is 5.26 Å². The van der Waals surface area contributed by atoms with Crippen LogP contribution < -0.4 is 5.32 Å². The van der Waals surface area contributed by atoms with Crippen LogP contribution in [0.4, 0.5) is 0 Å². The van der Waals surface area contributed by atoms with Crippen molar-refractivity contribution in [2.45, 2.75) is 52.5 Å². The summed E-state index contributed by atoms with van der Waals surface area (Å²) in [4.78, 5) is 38.2. The van der Waals surface area contributed by atoms with Crippen LogP contribution in [0.15, 0.2) is 36.4 Å². The van der Waals surface area contributed by atoms with Gasteiger partial charge in [0.1, 0.15) is 11.7 Å². The van der Waals surface area contributed by atoms with Crippen LogP contribution in [0.2, 0.25) is 0 Å². The summed E-state index contributed by atoms with van der Waals surface area (Å²) in [5, 5.41) is 11.6. The lowest BCUT2D eigenvalue weighted by Gasteiger charge is -2.18. The summed E-state index contributed by atoms with van der Waals surface area (Å²) in [5.41, 5.74) is 5.37. The minimum atomic E-state index is -0.753. The Hall–Kier alpha value is -3.26. The van der Waals surface area contributed by atoms with Gasteiger partial charge in [-0.15, -0.1) is 0 Å². The zero-order valence-corrected chi connectivity index (χ0v) is 17.6. The second-order valence-corrected chi connectivity index (χ2v) is 8.00. The van der Waals surface area contributed by atoms with Gasteiger partial charge in [0.15, 0.2) is 5.78 Å². The van der Waals surface area contributed by atoms with E-state index in [0.717, 1.165) is 34.2 Å². The van der Waals surface area contributed by atoms with E-state index in [1.807, 2.05) is 32.9 Å².